The molecule has 0 aliphatic carbocycles. The van der Waals surface area contributed by atoms with Crippen molar-refractivity contribution in [3.05, 3.63) is 29.8 Å². The van der Waals surface area contributed by atoms with Crippen LogP contribution >= 0.6 is 0 Å². The van der Waals surface area contributed by atoms with E-state index in [1.54, 1.807) is 31.4 Å². The molecule has 1 aromatic rings. The normalized spacial score (nSPS) is 11.7. The fraction of sp³-hybridized carbons (Fsp3) is 0.538. The van der Waals surface area contributed by atoms with E-state index in [2.05, 4.69) is 0 Å². The molecule has 1 aromatic carbocycles. The van der Waals surface area contributed by atoms with Gasteiger partial charge in [0.2, 0.25) is 0 Å². The third-order valence-electron chi connectivity index (χ3n) is 2.41. The first-order valence-electron chi connectivity index (χ1n) is 6.09. The van der Waals surface area contributed by atoms with Crippen LogP contribution in [0.1, 0.15) is 12.0 Å². The van der Waals surface area contributed by atoms with Gasteiger partial charge in [-0.1, -0.05) is 17.7 Å². The van der Waals surface area contributed by atoms with Gasteiger partial charge in [0.15, 0.2) is 0 Å². The fourth-order valence-corrected chi connectivity index (χ4v) is 2.29. The first kappa shape index (κ1) is 16.1. The molecule has 108 valence electrons. The number of hydrogen-bond acceptors (Lipinski definition) is 5. The zero-order valence-electron chi connectivity index (χ0n) is 11.3. The number of aryl methyl sites for hydroxylation is 1. The van der Waals surface area contributed by atoms with E-state index in [1.807, 2.05) is 6.92 Å². The van der Waals surface area contributed by atoms with E-state index < -0.39 is 10.1 Å². The summed E-state index contributed by atoms with van der Waals surface area (Å²) >= 11 is 0. The predicted molar refractivity (Wildman–Crippen MR) is 71.6 cm³/mol. The zero-order chi connectivity index (χ0) is 14.1. The van der Waals surface area contributed by atoms with Gasteiger partial charge in [-0.3, -0.25) is 4.18 Å². The summed E-state index contributed by atoms with van der Waals surface area (Å²) in [4.78, 5) is 0.179. The molecule has 0 unspecified atom stereocenters. The van der Waals surface area contributed by atoms with Gasteiger partial charge in [-0.15, -0.1) is 0 Å². The lowest BCUT2D eigenvalue weighted by Crippen LogP contribution is -2.10. The molecule has 0 spiro atoms. The Labute approximate surface area is 114 Å². The van der Waals surface area contributed by atoms with Crippen molar-refractivity contribution in [1.29, 1.82) is 0 Å². The van der Waals surface area contributed by atoms with Crippen LogP contribution in [0, 0.1) is 6.92 Å². The summed E-state index contributed by atoms with van der Waals surface area (Å²) < 4.78 is 38.5. The molecule has 5 nitrogen and oxygen atoms in total. The predicted octanol–water partition coefficient (Wildman–Crippen LogP) is 1.75. The monoisotopic (exact) mass is 288 g/mol. The molecule has 0 bridgehead atoms. The minimum Gasteiger partial charge on any atom is -0.382 e. The Morgan fingerprint density at radius 3 is 2.32 bits per heavy atom. The van der Waals surface area contributed by atoms with Gasteiger partial charge in [0, 0.05) is 13.7 Å². The van der Waals surface area contributed by atoms with Gasteiger partial charge in [0.05, 0.1) is 24.7 Å². The van der Waals surface area contributed by atoms with Crippen LogP contribution < -0.4 is 0 Å². The maximum Gasteiger partial charge on any atom is 0.296 e. The molecule has 0 saturated heterocycles. The van der Waals surface area contributed by atoms with Crippen LogP contribution in [0.25, 0.3) is 0 Å². The Kier molecular flexibility index (Phi) is 7.01. The van der Waals surface area contributed by atoms with Gasteiger partial charge in [-0.2, -0.15) is 8.42 Å². The van der Waals surface area contributed by atoms with E-state index in [0.29, 0.717) is 26.2 Å². The van der Waals surface area contributed by atoms with Crippen molar-refractivity contribution >= 4 is 10.1 Å². The first-order chi connectivity index (χ1) is 9.06. The molecule has 0 radical (unpaired) electrons. The number of ether oxygens (including phenoxy) is 2. The molecule has 0 atom stereocenters. The minimum atomic E-state index is -3.65. The van der Waals surface area contributed by atoms with Gasteiger partial charge in [0.25, 0.3) is 10.1 Å². The Balaban J connectivity index is 2.29. The minimum absolute atomic E-state index is 0.114. The second kappa shape index (κ2) is 8.27. The SMILES string of the molecule is COCCOCCCOS(=O)(=O)c1ccc(C)cc1. The maximum absolute atomic E-state index is 11.8. The average molecular weight is 288 g/mol. The molecule has 6 heteroatoms. The van der Waals surface area contributed by atoms with Crippen LogP contribution in [0.3, 0.4) is 0 Å². The lowest BCUT2D eigenvalue weighted by Gasteiger charge is -2.06. The highest BCUT2D eigenvalue weighted by Crippen LogP contribution is 2.13. The Bertz CT molecular complexity index is 452. The third kappa shape index (κ3) is 6.15. The quantitative estimate of drug-likeness (QED) is 0.512. The zero-order valence-corrected chi connectivity index (χ0v) is 12.1. The van der Waals surface area contributed by atoms with E-state index in [1.165, 1.54) is 0 Å². The molecule has 0 fully saturated rings. The van der Waals surface area contributed by atoms with Crippen molar-refractivity contribution in [1.82, 2.24) is 0 Å². The highest BCUT2D eigenvalue weighted by atomic mass is 32.2. The van der Waals surface area contributed by atoms with Crippen molar-refractivity contribution in [3.63, 3.8) is 0 Å². The van der Waals surface area contributed by atoms with E-state index >= 15 is 0 Å². The molecule has 0 amide bonds. The number of methoxy groups -OCH3 is 1. The molecule has 19 heavy (non-hydrogen) atoms. The van der Waals surface area contributed by atoms with E-state index in [4.69, 9.17) is 13.7 Å². The molecular formula is C13H20O5S. The fourth-order valence-electron chi connectivity index (χ4n) is 1.35. The van der Waals surface area contributed by atoms with Gasteiger partial charge in [-0.25, -0.2) is 0 Å². The molecule has 0 heterocycles. The molecule has 1 rings (SSSR count). The molecule has 0 aliphatic heterocycles. The largest absolute Gasteiger partial charge is 0.382 e. The van der Waals surface area contributed by atoms with Crippen molar-refractivity contribution < 1.29 is 22.1 Å². The molecule has 0 aromatic heterocycles. The Morgan fingerprint density at radius 1 is 1.00 bits per heavy atom. The van der Waals surface area contributed by atoms with Crippen LogP contribution in [0.2, 0.25) is 0 Å². The number of benzene rings is 1. The second-order valence-electron chi connectivity index (χ2n) is 4.05. The highest BCUT2D eigenvalue weighted by molar-refractivity contribution is 7.86. The van der Waals surface area contributed by atoms with Crippen molar-refractivity contribution in [3.8, 4) is 0 Å². The Hall–Kier alpha value is -0.950. The van der Waals surface area contributed by atoms with Crippen molar-refractivity contribution in [2.24, 2.45) is 0 Å². The van der Waals surface area contributed by atoms with E-state index in [0.717, 1.165) is 5.56 Å². The number of rotatable bonds is 9. The van der Waals surface area contributed by atoms with Gasteiger partial charge in [-0.05, 0) is 25.5 Å². The summed E-state index contributed by atoms with van der Waals surface area (Å²) in [5.74, 6) is 0. The van der Waals surface area contributed by atoms with Gasteiger partial charge < -0.3 is 9.47 Å². The van der Waals surface area contributed by atoms with Crippen LogP contribution in [0.5, 0.6) is 0 Å². The summed E-state index contributed by atoms with van der Waals surface area (Å²) in [7, 11) is -2.06. The van der Waals surface area contributed by atoms with E-state index in [-0.39, 0.29) is 11.5 Å². The Morgan fingerprint density at radius 2 is 1.68 bits per heavy atom. The number of hydrogen-bond donors (Lipinski definition) is 0. The van der Waals surface area contributed by atoms with Crippen molar-refractivity contribution in [2.45, 2.75) is 18.2 Å². The lowest BCUT2D eigenvalue weighted by molar-refractivity contribution is 0.0648. The molecule has 0 saturated carbocycles. The van der Waals surface area contributed by atoms with Crippen LogP contribution in [0.15, 0.2) is 29.2 Å². The average Bonchev–Trinajstić information content (AvgIpc) is 2.38. The summed E-state index contributed by atoms with van der Waals surface area (Å²) in [5.41, 5.74) is 1.01. The smallest absolute Gasteiger partial charge is 0.296 e. The molecule has 0 aliphatic rings. The lowest BCUT2D eigenvalue weighted by atomic mass is 10.2. The summed E-state index contributed by atoms with van der Waals surface area (Å²) in [6.07, 6.45) is 0.523. The maximum atomic E-state index is 11.8. The summed E-state index contributed by atoms with van der Waals surface area (Å²) in [6, 6.07) is 6.56. The van der Waals surface area contributed by atoms with Crippen LogP contribution in [0.4, 0.5) is 0 Å². The van der Waals surface area contributed by atoms with Crippen LogP contribution in [-0.4, -0.2) is 42.0 Å². The van der Waals surface area contributed by atoms with Gasteiger partial charge in [0.1, 0.15) is 0 Å². The van der Waals surface area contributed by atoms with Gasteiger partial charge >= 0.3 is 0 Å². The first-order valence-corrected chi connectivity index (χ1v) is 7.50. The van der Waals surface area contributed by atoms with Crippen LogP contribution in [-0.2, 0) is 23.8 Å². The highest BCUT2D eigenvalue weighted by Gasteiger charge is 2.14. The van der Waals surface area contributed by atoms with Crippen molar-refractivity contribution in [2.75, 3.05) is 33.5 Å². The topological polar surface area (TPSA) is 61.8 Å². The molecule has 0 N–H and O–H groups in total. The van der Waals surface area contributed by atoms with E-state index in [9.17, 15) is 8.42 Å². The summed E-state index contributed by atoms with van der Waals surface area (Å²) in [5, 5.41) is 0. The summed E-state index contributed by atoms with van der Waals surface area (Å²) in [6.45, 7) is 3.49. The third-order valence-corrected chi connectivity index (χ3v) is 3.74. The molecular weight excluding hydrogens is 268 g/mol. The standard InChI is InChI=1S/C13H20O5S/c1-12-4-6-13(7-5-12)19(14,15)18-9-3-8-17-11-10-16-2/h4-7H,3,8-11H2,1-2H3. The second-order valence-corrected chi connectivity index (χ2v) is 5.66.